The second-order valence-electron chi connectivity index (χ2n) is 4.75. The van der Waals surface area contributed by atoms with Crippen LogP contribution in [-0.4, -0.2) is 47.8 Å². The Kier molecular flexibility index (Phi) is 3.78. The minimum atomic E-state index is 0.0821. The third-order valence-electron chi connectivity index (χ3n) is 3.25. The van der Waals surface area contributed by atoms with Gasteiger partial charge in [-0.3, -0.25) is 9.48 Å². The lowest BCUT2D eigenvalue weighted by molar-refractivity contribution is -0.129. The van der Waals surface area contributed by atoms with Crippen LogP contribution in [0.2, 0.25) is 0 Å². The first kappa shape index (κ1) is 12.1. The molecule has 1 aromatic heterocycles. The number of piperidine rings is 1. The van der Waals surface area contributed by atoms with Crippen molar-refractivity contribution < 1.29 is 4.79 Å². The van der Waals surface area contributed by atoms with E-state index in [4.69, 9.17) is 0 Å². The highest BCUT2D eigenvalue weighted by Gasteiger charge is 2.20. The molecule has 0 spiro atoms. The molecule has 2 rings (SSSR count). The van der Waals surface area contributed by atoms with Crippen molar-refractivity contribution in [2.75, 3.05) is 27.2 Å². The van der Waals surface area contributed by atoms with E-state index < -0.39 is 0 Å². The Labute approximate surface area is 102 Å². The summed E-state index contributed by atoms with van der Waals surface area (Å²) in [6.45, 7) is 2.43. The molecule has 0 radical (unpaired) electrons. The second kappa shape index (κ2) is 5.31. The molecule has 1 atom stereocenters. The maximum atomic E-state index is 11.7. The highest BCUT2D eigenvalue weighted by Crippen LogP contribution is 2.22. The van der Waals surface area contributed by atoms with Gasteiger partial charge in [0.2, 0.25) is 5.91 Å². The minimum Gasteiger partial charge on any atom is -0.347 e. The fourth-order valence-electron chi connectivity index (χ4n) is 2.20. The Hall–Kier alpha value is -1.36. The standard InChI is InChI=1S/C12H20N4O/c1-15(2)12(17)9-16-11(5-7-14-16)10-4-3-6-13-8-10/h5,7,10,13H,3-4,6,8-9H2,1-2H3. The summed E-state index contributed by atoms with van der Waals surface area (Å²) in [4.78, 5) is 13.3. The van der Waals surface area contributed by atoms with Crippen LogP contribution < -0.4 is 5.32 Å². The Morgan fingerprint density at radius 2 is 2.47 bits per heavy atom. The lowest BCUT2D eigenvalue weighted by atomic mass is 9.96. The van der Waals surface area contributed by atoms with Crippen molar-refractivity contribution in [3.05, 3.63) is 18.0 Å². The molecule has 1 unspecified atom stereocenters. The number of likely N-dealkylation sites (N-methyl/N-ethyl adjacent to an activating group) is 1. The molecule has 5 nitrogen and oxygen atoms in total. The smallest absolute Gasteiger partial charge is 0.243 e. The third-order valence-corrected chi connectivity index (χ3v) is 3.25. The predicted molar refractivity (Wildman–Crippen MR) is 65.8 cm³/mol. The van der Waals surface area contributed by atoms with E-state index in [1.807, 2.05) is 10.7 Å². The monoisotopic (exact) mass is 236 g/mol. The number of hydrogen-bond donors (Lipinski definition) is 1. The van der Waals surface area contributed by atoms with E-state index in [2.05, 4.69) is 10.4 Å². The van der Waals surface area contributed by atoms with Gasteiger partial charge in [-0.15, -0.1) is 0 Å². The normalized spacial score (nSPS) is 20.2. The molecule has 1 saturated heterocycles. The molecule has 17 heavy (non-hydrogen) atoms. The van der Waals surface area contributed by atoms with Gasteiger partial charge in [0.15, 0.2) is 0 Å². The number of nitrogens with zero attached hydrogens (tertiary/aromatic N) is 3. The number of carbonyl (C=O) groups is 1. The quantitative estimate of drug-likeness (QED) is 0.828. The van der Waals surface area contributed by atoms with Crippen molar-refractivity contribution in [2.24, 2.45) is 0 Å². The topological polar surface area (TPSA) is 50.2 Å². The Morgan fingerprint density at radius 3 is 3.12 bits per heavy atom. The van der Waals surface area contributed by atoms with Crippen LogP contribution in [0.1, 0.15) is 24.5 Å². The van der Waals surface area contributed by atoms with Crippen LogP contribution in [0.5, 0.6) is 0 Å². The van der Waals surface area contributed by atoms with Crippen LogP contribution in [0, 0.1) is 0 Å². The average molecular weight is 236 g/mol. The molecule has 0 aromatic carbocycles. The van der Waals surface area contributed by atoms with E-state index >= 15 is 0 Å². The highest BCUT2D eigenvalue weighted by molar-refractivity contribution is 5.75. The lowest BCUT2D eigenvalue weighted by Crippen LogP contribution is -2.32. The fraction of sp³-hybridized carbons (Fsp3) is 0.667. The van der Waals surface area contributed by atoms with Gasteiger partial charge in [0, 0.05) is 38.4 Å². The summed E-state index contributed by atoms with van der Waals surface area (Å²) in [6.07, 6.45) is 4.15. The number of hydrogen-bond acceptors (Lipinski definition) is 3. The summed E-state index contributed by atoms with van der Waals surface area (Å²) in [5.74, 6) is 0.569. The highest BCUT2D eigenvalue weighted by atomic mass is 16.2. The van der Waals surface area contributed by atoms with Gasteiger partial charge in [0.1, 0.15) is 6.54 Å². The Bertz CT molecular complexity index is 380. The molecule has 94 valence electrons. The molecule has 0 aliphatic carbocycles. The third kappa shape index (κ3) is 2.85. The number of nitrogens with one attached hydrogen (secondary N) is 1. The summed E-state index contributed by atoms with van der Waals surface area (Å²) < 4.78 is 1.83. The van der Waals surface area contributed by atoms with E-state index in [9.17, 15) is 4.79 Å². The van der Waals surface area contributed by atoms with E-state index in [0.29, 0.717) is 12.5 Å². The maximum Gasteiger partial charge on any atom is 0.243 e. The van der Waals surface area contributed by atoms with Gasteiger partial charge in [0.25, 0.3) is 0 Å². The minimum absolute atomic E-state index is 0.0821. The lowest BCUT2D eigenvalue weighted by Gasteiger charge is -2.23. The van der Waals surface area contributed by atoms with Crippen LogP contribution in [0.25, 0.3) is 0 Å². The molecule has 0 bridgehead atoms. The molecular formula is C12H20N4O. The molecule has 2 heterocycles. The Balaban J connectivity index is 2.08. The average Bonchev–Trinajstić information content (AvgIpc) is 2.78. The van der Waals surface area contributed by atoms with E-state index in [-0.39, 0.29) is 5.91 Å². The van der Waals surface area contributed by atoms with Gasteiger partial charge in [0.05, 0.1) is 0 Å². The largest absolute Gasteiger partial charge is 0.347 e. The molecule has 1 aromatic rings. The molecule has 0 saturated carbocycles. The summed E-state index contributed by atoms with van der Waals surface area (Å²) in [5, 5.41) is 7.65. The van der Waals surface area contributed by atoms with Crippen molar-refractivity contribution in [1.82, 2.24) is 20.0 Å². The van der Waals surface area contributed by atoms with Crippen LogP contribution in [0.4, 0.5) is 0 Å². The number of carbonyl (C=O) groups excluding carboxylic acids is 1. The van der Waals surface area contributed by atoms with Crippen molar-refractivity contribution in [3.8, 4) is 0 Å². The van der Waals surface area contributed by atoms with Gasteiger partial charge in [-0.05, 0) is 25.5 Å². The van der Waals surface area contributed by atoms with E-state index in [1.165, 1.54) is 18.5 Å². The van der Waals surface area contributed by atoms with Crippen molar-refractivity contribution in [3.63, 3.8) is 0 Å². The molecule has 1 amide bonds. The van der Waals surface area contributed by atoms with Gasteiger partial charge in [-0.25, -0.2) is 0 Å². The fourth-order valence-corrected chi connectivity index (χ4v) is 2.20. The first-order chi connectivity index (χ1) is 8.18. The van der Waals surface area contributed by atoms with Gasteiger partial charge in [-0.1, -0.05) is 0 Å². The summed E-state index contributed by atoms with van der Waals surface area (Å²) in [7, 11) is 3.54. The molecule has 1 aliphatic rings. The zero-order chi connectivity index (χ0) is 12.3. The number of rotatable bonds is 3. The molecule has 1 N–H and O–H groups in total. The molecule has 1 aliphatic heterocycles. The molecule has 5 heteroatoms. The van der Waals surface area contributed by atoms with Gasteiger partial charge in [-0.2, -0.15) is 5.10 Å². The van der Waals surface area contributed by atoms with E-state index in [1.54, 1.807) is 25.2 Å². The predicted octanol–water partition coefficient (Wildman–Crippen LogP) is 0.438. The van der Waals surface area contributed by atoms with Crippen molar-refractivity contribution >= 4 is 5.91 Å². The SMILES string of the molecule is CN(C)C(=O)Cn1nccc1C1CCCNC1. The van der Waals surface area contributed by atoms with Crippen LogP contribution >= 0.6 is 0 Å². The summed E-state index contributed by atoms with van der Waals surface area (Å²) in [6, 6.07) is 2.03. The van der Waals surface area contributed by atoms with Crippen molar-refractivity contribution in [1.29, 1.82) is 0 Å². The van der Waals surface area contributed by atoms with Crippen LogP contribution in [0.3, 0.4) is 0 Å². The first-order valence-corrected chi connectivity index (χ1v) is 6.11. The van der Waals surface area contributed by atoms with E-state index in [0.717, 1.165) is 13.1 Å². The maximum absolute atomic E-state index is 11.7. The zero-order valence-corrected chi connectivity index (χ0v) is 10.5. The van der Waals surface area contributed by atoms with Gasteiger partial charge >= 0.3 is 0 Å². The summed E-state index contributed by atoms with van der Waals surface area (Å²) in [5.41, 5.74) is 1.17. The summed E-state index contributed by atoms with van der Waals surface area (Å²) >= 11 is 0. The van der Waals surface area contributed by atoms with Crippen LogP contribution in [0.15, 0.2) is 12.3 Å². The van der Waals surface area contributed by atoms with Gasteiger partial charge < -0.3 is 10.2 Å². The van der Waals surface area contributed by atoms with Crippen molar-refractivity contribution in [2.45, 2.75) is 25.3 Å². The molecular weight excluding hydrogens is 216 g/mol. The zero-order valence-electron chi connectivity index (χ0n) is 10.5. The Morgan fingerprint density at radius 1 is 1.65 bits per heavy atom. The molecule has 1 fully saturated rings. The number of aromatic nitrogens is 2. The number of amides is 1. The van der Waals surface area contributed by atoms with Crippen LogP contribution in [-0.2, 0) is 11.3 Å². The second-order valence-corrected chi connectivity index (χ2v) is 4.75. The first-order valence-electron chi connectivity index (χ1n) is 6.11.